The first-order chi connectivity index (χ1) is 16.4. The predicted octanol–water partition coefficient (Wildman–Crippen LogP) is 4.46. The van der Waals surface area contributed by atoms with E-state index in [1.165, 1.54) is 18.4 Å². The molecule has 3 aromatic rings. The van der Waals surface area contributed by atoms with Crippen LogP contribution in [0.1, 0.15) is 34.1 Å². The lowest BCUT2D eigenvalue weighted by molar-refractivity contribution is -0.113. The number of aromatic nitrogens is 2. The van der Waals surface area contributed by atoms with Gasteiger partial charge in [-0.1, -0.05) is 24.8 Å². The van der Waals surface area contributed by atoms with Crippen LogP contribution in [0.15, 0.2) is 27.8 Å². The molecule has 1 aliphatic rings. The molecule has 0 radical (unpaired) electrons. The number of methoxy groups -OCH3 is 3. The zero-order valence-corrected chi connectivity index (χ0v) is 20.9. The van der Waals surface area contributed by atoms with Gasteiger partial charge in [0.05, 0.1) is 32.6 Å². The third-order valence-electron chi connectivity index (χ3n) is 5.53. The second-order valence-electron chi connectivity index (χ2n) is 7.79. The Morgan fingerprint density at radius 3 is 2.62 bits per heavy atom. The normalized spacial score (nSPS) is 14.9. The summed E-state index contributed by atoms with van der Waals surface area (Å²) in [5.41, 5.74) is 2.00. The Hall–Kier alpha value is -3.05. The number of anilines is 1. The number of amides is 1. The van der Waals surface area contributed by atoms with E-state index < -0.39 is 5.97 Å². The zero-order chi connectivity index (χ0) is 24.2. The highest BCUT2D eigenvalue weighted by molar-refractivity contribution is 7.99. The fraction of sp³-hybridized carbons (Fsp3) is 0.391. The lowest BCUT2D eigenvalue weighted by atomic mass is 9.88. The number of carbonyl (C=O) groups excluding carboxylic acids is 2. The lowest BCUT2D eigenvalue weighted by Crippen LogP contribution is -2.17. The summed E-state index contributed by atoms with van der Waals surface area (Å²) < 4.78 is 21.5. The van der Waals surface area contributed by atoms with Crippen molar-refractivity contribution in [1.82, 2.24) is 10.2 Å². The molecule has 0 saturated carbocycles. The van der Waals surface area contributed by atoms with Crippen molar-refractivity contribution < 1.29 is 28.2 Å². The zero-order valence-electron chi connectivity index (χ0n) is 19.3. The minimum absolute atomic E-state index is 0.0320. The van der Waals surface area contributed by atoms with Crippen LogP contribution >= 0.6 is 23.1 Å². The maximum absolute atomic E-state index is 12.7. The molecule has 0 fully saturated rings. The van der Waals surface area contributed by atoms with Crippen molar-refractivity contribution in [3.8, 4) is 23.0 Å². The molecule has 1 aromatic carbocycles. The first-order valence-electron chi connectivity index (χ1n) is 10.7. The van der Waals surface area contributed by atoms with Crippen molar-refractivity contribution >= 4 is 40.0 Å². The monoisotopic (exact) mass is 503 g/mol. The molecular formula is C23H25N3O6S2. The van der Waals surface area contributed by atoms with E-state index in [2.05, 4.69) is 22.4 Å². The standard InChI is InChI=1S/C23H25N3O6S2/c1-12-8-9-13-16(10-12)34-21(18(13)22(28)31-4)24-17(27)11-33-23-26-25-20(32-23)19-14(29-2)6-5-7-15(19)30-3/h5-7,12H,8-11H2,1-4H3,(H,24,27). The number of thioether (sulfide) groups is 1. The molecule has 2 heterocycles. The fourth-order valence-electron chi connectivity index (χ4n) is 3.88. The summed E-state index contributed by atoms with van der Waals surface area (Å²) in [4.78, 5) is 26.3. The summed E-state index contributed by atoms with van der Waals surface area (Å²) in [7, 11) is 4.43. The van der Waals surface area contributed by atoms with Gasteiger partial charge < -0.3 is 23.9 Å². The number of ether oxygens (including phenoxy) is 3. The summed E-state index contributed by atoms with van der Waals surface area (Å²) in [6.45, 7) is 2.19. The van der Waals surface area contributed by atoms with Gasteiger partial charge in [0.1, 0.15) is 22.1 Å². The van der Waals surface area contributed by atoms with Crippen molar-refractivity contribution in [1.29, 1.82) is 0 Å². The van der Waals surface area contributed by atoms with E-state index in [1.807, 2.05) is 0 Å². The number of hydrogen-bond donors (Lipinski definition) is 1. The van der Waals surface area contributed by atoms with Crippen LogP contribution < -0.4 is 14.8 Å². The summed E-state index contributed by atoms with van der Waals surface area (Å²) in [5.74, 6) is 1.16. The first kappa shape index (κ1) is 24.1. The quantitative estimate of drug-likeness (QED) is 0.352. The molecule has 0 spiro atoms. The number of esters is 1. The van der Waals surface area contributed by atoms with Crippen LogP contribution in [-0.4, -0.2) is 49.2 Å². The van der Waals surface area contributed by atoms with E-state index in [1.54, 1.807) is 32.4 Å². The Bertz CT molecular complexity index is 1180. The molecular weight excluding hydrogens is 478 g/mol. The molecule has 1 atom stereocenters. The molecule has 1 unspecified atom stereocenters. The average molecular weight is 504 g/mol. The van der Waals surface area contributed by atoms with Gasteiger partial charge in [-0.15, -0.1) is 21.5 Å². The van der Waals surface area contributed by atoms with Crippen LogP contribution in [0.2, 0.25) is 0 Å². The molecule has 2 aromatic heterocycles. The van der Waals surface area contributed by atoms with Crippen molar-refractivity contribution in [2.75, 3.05) is 32.4 Å². The van der Waals surface area contributed by atoms with Crippen molar-refractivity contribution in [3.63, 3.8) is 0 Å². The van der Waals surface area contributed by atoms with Gasteiger partial charge in [-0.25, -0.2) is 4.79 Å². The number of benzene rings is 1. The molecule has 1 aliphatic carbocycles. The Morgan fingerprint density at radius 2 is 1.94 bits per heavy atom. The molecule has 1 amide bonds. The number of thiophene rings is 1. The Kier molecular flexibility index (Phi) is 7.42. The van der Waals surface area contributed by atoms with E-state index in [-0.39, 0.29) is 22.8 Å². The van der Waals surface area contributed by atoms with E-state index >= 15 is 0 Å². The number of rotatable bonds is 8. The smallest absolute Gasteiger partial charge is 0.341 e. The summed E-state index contributed by atoms with van der Waals surface area (Å²) >= 11 is 2.55. The SMILES string of the molecule is COC(=O)c1c(NC(=O)CSc2nnc(-c3c(OC)cccc3OC)o2)sc2c1CCC(C)C2. The van der Waals surface area contributed by atoms with Gasteiger partial charge in [0.2, 0.25) is 5.91 Å². The number of carbonyl (C=O) groups is 2. The molecule has 1 N–H and O–H groups in total. The van der Waals surface area contributed by atoms with Gasteiger partial charge in [-0.05, 0) is 42.9 Å². The predicted molar refractivity (Wildman–Crippen MR) is 129 cm³/mol. The van der Waals surface area contributed by atoms with Crippen LogP contribution in [0.25, 0.3) is 11.5 Å². The van der Waals surface area contributed by atoms with Crippen LogP contribution in [0.5, 0.6) is 11.5 Å². The van der Waals surface area contributed by atoms with Crippen molar-refractivity contribution in [2.45, 2.75) is 31.4 Å². The van der Waals surface area contributed by atoms with Crippen molar-refractivity contribution in [3.05, 3.63) is 34.2 Å². The Balaban J connectivity index is 1.47. The Morgan fingerprint density at radius 1 is 1.21 bits per heavy atom. The molecule has 0 bridgehead atoms. The maximum Gasteiger partial charge on any atom is 0.341 e. The minimum Gasteiger partial charge on any atom is -0.496 e. The summed E-state index contributed by atoms with van der Waals surface area (Å²) in [6.07, 6.45) is 2.71. The van der Waals surface area contributed by atoms with Crippen LogP contribution in [0.4, 0.5) is 5.00 Å². The van der Waals surface area contributed by atoms with Gasteiger partial charge in [-0.3, -0.25) is 4.79 Å². The van der Waals surface area contributed by atoms with Gasteiger partial charge in [0.15, 0.2) is 0 Å². The third-order valence-corrected chi connectivity index (χ3v) is 7.52. The summed E-state index contributed by atoms with van der Waals surface area (Å²) in [6, 6.07) is 5.33. The largest absolute Gasteiger partial charge is 0.496 e. The van der Waals surface area contributed by atoms with E-state index in [0.717, 1.165) is 41.5 Å². The second-order valence-corrected chi connectivity index (χ2v) is 9.83. The number of nitrogens with one attached hydrogen (secondary N) is 1. The highest BCUT2D eigenvalue weighted by Crippen LogP contribution is 2.41. The van der Waals surface area contributed by atoms with Crippen LogP contribution in [0, 0.1) is 5.92 Å². The van der Waals surface area contributed by atoms with Gasteiger partial charge in [0, 0.05) is 4.88 Å². The number of nitrogens with zero attached hydrogens (tertiary/aromatic N) is 2. The van der Waals surface area contributed by atoms with E-state index in [9.17, 15) is 9.59 Å². The Labute approximate surface area is 205 Å². The maximum atomic E-state index is 12.7. The average Bonchev–Trinajstić information content (AvgIpc) is 3.45. The number of fused-ring (bicyclic) bond motifs is 1. The van der Waals surface area contributed by atoms with E-state index in [0.29, 0.717) is 33.5 Å². The fourth-order valence-corrected chi connectivity index (χ4v) is 5.86. The molecule has 0 saturated heterocycles. The topological polar surface area (TPSA) is 113 Å². The van der Waals surface area contributed by atoms with Crippen molar-refractivity contribution in [2.24, 2.45) is 5.92 Å². The van der Waals surface area contributed by atoms with Crippen LogP contribution in [0.3, 0.4) is 0 Å². The molecule has 0 aliphatic heterocycles. The molecule has 11 heteroatoms. The first-order valence-corrected chi connectivity index (χ1v) is 12.5. The van der Waals surface area contributed by atoms with Gasteiger partial charge in [0.25, 0.3) is 11.1 Å². The highest BCUT2D eigenvalue weighted by atomic mass is 32.2. The third kappa shape index (κ3) is 4.90. The highest BCUT2D eigenvalue weighted by Gasteiger charge is 2.29. The lowest BCUT2D eigenvalue weighted by Gasteiger charge is -2.18. The van der Waals surface area contributed by atoms with Crippen LogP contribution in [-0.2, 0) is 22.4 Å². The second kappa shape index (κ2) is 10.5. The molecule has 9 nitrogen and oxygen atoms in total. The summed E-state index contributed by atoms with van der Waals surface area (Å²) in [5, 5.41) is 11.7. The molecule has 4 rings (SSSR count). The molecule has 180 valence electrons. The minimum atomic E-state index is -0.428. The van der Waals surface area contributed by atoms with E-state index in [4.69, 9.17) is 18.6 Å². The van der Waals surface area contributed by atoms with Gasteiger partial charge in [-0.2, -0.15) is 0 Å². The molecule has 34 heavy (non-hydrogen) atoms. The van der Waals surface area contributed by atoms with Gasteiger partial charge >= 0.3 is 5.97 Å². The number of hydrogen-bond acceptors (Lipinski definition) is 10.